The van der Waals surface area contributed by atoms with Gasteiger partial charge in [0.15, 0.2) is 0 Å². The van der Waals surface area contributed by atoms with E-state index in [9.17, 15) is 13.0 Å². The summed E-state index contributed by atoms with van der Waals surface area (Å²) in [5.74, 6) is -0.0874. The maximum Gasteiger partial charge on any atom is 0.266 e. The van der Waals surface area contributed by atoms with E-state index < -0.39 is 21.9 Å². The lowest BCUT2D eigenvalue weighted by Gasteiger charge is -2.20. The molecule has 0 saturated carbocycles. The molecule has 0 radical (unpaired) electrons. The molecule has 4 aromatic rings. The van der Waals surface area contributed by atoms with Crippen LogP contribution in [0.3, 0.4) is 0 Å². The summed E-state index contributed by atoms with van der Waals surface area (Å²) >= 11 is 12.6. The number of fused-ring (bicyclic) bond motifs is 1. The van der Waals surface area contributed by atoms with Gasteiger partial charge < -0.3 is 9.88 Å². The second kappa shape index (κ2) is 8.84. The molecule has 0 fully saturated rings. The molecule has 2 aromatic heterocycles. The molecule has 2 heterocycles. The number of pyridine rings is 1. The lowest BCUT2D eigenvalue weighted by atomic mass is 10.1. The first-order valence-corrected chi connectivity index (χ1v) is 11.7. The lowest BCUT2D eigenvalue weighted by Crippen LogP contribution is -2.31. The number of imidazole rings is 1. The van der Waals surface area contributed by atoms with E-state index >= 15 is 0 Å². The molecule has 0 aliphatic carbocycles. The average molecular weight is 477 g/mol. The molecule has 160 valence electrons. The van der Waals surface area contributed by atoms with Crippen LogP contribution < -0.4 is 5.32 Å². The first-order chi connectivity index (χ1) is 14.8. The summed E-state index contributed by atoms with van der Waals surface area (Å²) < 4.78 is 34.5. The van der Waals surface area contributed by atoms with Gasteiger partial charge in [-0.3, -0.25) is 4.55 Å². The predicted molar refractivity (Wildman–Crippen MR) is 123 cm³/mol. The van der Waals surface area contributed by atoms with Gasteiger partial charge in [-0.15, -0.1) is 0 Å². The first-order valence-electron chi connectivity index (χ1n) is 9.33. The molecule has 7 nitrogen and oxygen atoms in total. The van der Waals surface area contributed by atoms with Crippen molar-refractivity contribution in [2.75, 3.05) is 11.1 Å². The topological polar surface area (TPSA) is 97.1 Å². The molecule has 2 N–H and O–H groups in total. The molecular weight excluding hydrogens is 459 g/mol. The second-order valence-corrected chi connectivity index (χ2v) is 9.32. The number of rotatable bonds is 7. The van der Waals surface area contributed by atoms with Crippen molar-refractivity contribution in [3.8, 4) is 5.69 Å². The number of nitrogens with one attached hydrogen (secondary N) is 1. The van der Waals surface area contributed by atoms with E-state index in [1.807, 2.05) is 36.4 Å². The average Bonchev–Trinajstić information content (AvgIpc) is 3.25. The fourth-order valence-corrected chi connectivity index (χ4v) is 4.49. The highest BCUT2D eigenvalue weighted by Crippen LogP contribution is 2.34. The molecule has 4 rings (SSSR count). The molecule has 1 unspecified atom stereocenters. The SMILES string of the molecule is O=S(=O)(O)CC(Cc1ccccc1)Nc1cc(-n2ccnc2)c2ccc(Cl)c(Cl)c2n1. The zero-order valence-corrected chi connectivity index (χ0v) is 18.4. The number of benzene rings is 2. The Bertz CT molecular complexity index is 1310. The first kappa shape index (κ1) is 21.6. The third kappa shape index (κ3) is 5.16. The van der Waals surface area contributed by atoms with Gasteiger partial charge >= 0.3 is 0 Å². The van der Waals surface area contributed by atoms with E-state index in [1.54, 1.807) is 35.4 Å². The van der Waals surface area contributed by atoms with Crippen molar-refractivity contribution in [2.45, 2.75) is 12.5 Å². The standard InChI is InChI=1S/C21H18Cl2N4O3S/c22-17-7-6-16-18(27-9-8-24-13-27)11-19(26-21(16)20(17)23)25-15(12-31(28,29)30)10-14-4-2-1-3-5-14/h1-9,11,13,15H,10,12H2,(H,25,26)(H,28,29,30). The zero-order valence-electron chi connectivity index (χ0n) is 16.1. The Morgan fingerprint density at radius 2 is 1.90 bits per heavy atom. The summed E-state index contributed by atoms with van der Waals surface area (Å²) in [5, 5.41) is 4.54. The molecule has 0 spiro atoms. The molecule has 2 aromatic carbocycles. The van der Waals surface area contributed by atoms with Gasteiger partial charge in [-0.2, -0.15) is 8.42 Å². The number of hydrogen-bond acceptors (Lipinski definition) is 5. The summed E-state index contributed by atoms with van der Waals surface area (Å²) in [4.78, 5) is 8.67. The van der Waals surface area contributed by atoms with Crippen molar-refractivity contribution in [1.29, 1.82) is 0 Å². The Morgan fingerprint density at radius 3 is 2.58 bits per heavy atom. The summed E-state index contributed by atoms with van der Waals surface area (Å²) in [5.41, 5.74) is 2.13. The summed E-state index contributed by atoms with van der Waals surface area (Å²) in [6.07, 6.45) is 5.43. The van der Waals surface area contributed by atoms with Crippen LogP contribution in [0.25, 0.3) is 16.6 Å². The van der Waals surface area contributed by atoms with Gasteiger partial charge in [0.05, 0.1) is 33.3 Å². The fraction of sp³-hybridized carbons (Fsp3) is 0.143. The third-order valence-electron chi connectivity index (χ3n) is 4.72. The lowest BCUT2D eigenvalue weighted by molar-refractivity contribution is 0.478. The van der Waals surface area contributed by atoms with Crippen molar-refractivity contribution in [1.82, 2.24) is 14.5 Å². The quantitative estimate of drug-likeness (QED) is 0.377. The minimum atomic E-state index is -4.23. The van der Waals surface area contributed by atoms with Crippen LogP contribution in [0.4, 0.5) is 5.82 Å². The van der Waals surface area contributed by atoms with Gasteiger partial charge in [0.1, 0.15) is 5.82 Å². The van der Waals surface area contributed by atoms with Crippen LogP contribution in [0.15, 0.2) is 67.3 Å². The number of nitrogens with zero attached hydrogens (tertiary/aromatic N) is 3. The Morgan fingerprint density at radius 1 is 1.13 bits per heavy atom. The minimum absolute atomic E-state index is 0.290. The smallest absolute Gasteiger partial charge is 0.266 e. The van der Waals surface area contributed by atoms with Gasteiger partial charge in [-0.25, -0.2) is 9.97 Å². The van der Waals surface area contributed by atoms with Gasteiger partial charge in [-0.05, 0) is 24.1 Å². The second-order valence-electron chi connectivity index (χ2n) is 7.03. The van der Waals surface area contributed by atoms with Crippen molar-refractivity contribution >= 4 is 50.0 Å². The molecule has 1 atom stereocenters. The fourth-order valence-electron chi connectivity index (χ4n) is 3.42. The highest BCUT2D eigenvalue weighted by molar-refractivity contribution is 7.85. The van der Waals surface area contributed by atoms with E-state index in [0.717, 1.165) is 16.6 Å². The van der Waals surface area contributed by atoms with Gasteiger partial charge in [-0.1, -0.05) is 53.5 Å². The molecule has 10 heteroatoms. The largest absolute Gasteiger partial charge is 0.366 e. The molecule has 0 bridgehead atoms. The highest BCUT2D eigenvalue weighted by Gasteiger charge is 2.20. The maximum atomic E-state index is 11.6. The predicted octanol–water partition coefficient (Wildman–Crippen LogP) is 4.64. The summed E-state index contributed by atoms with van der Waals surface area (Å²) in [7, 11) is -4.23. The van der Waals surface area contributed by atoms with E-state index in [1.165, 1.54) is 0 Å². The molecule has 0 amide bonds. The van der Waals surface area contributed by atoms with Crippen LogP contribution in [-0.4, -0.2) is 39.3 Å². The van der Waals surface area contributed by atoms with Gasteiger partial charge in [0.2, 0.25) is 0 Å². The number of aromatic nitrogens is 3. The third-order valence-corrected chi connectivity index (χ3v) is 6.34. The Labute approximate surface area is 189 Å². The van der Waals surface area contributed by atoms with Crippen LogP contribution in [0.5, 0.6) is 0 Å². The van der Waals surface area contributed by atoms with Crippen LogP contribution in [0.2, 0.25) is 10.0 Å². The molecular formula is C21H18Cl2N4O3S. The number of anilines is 1. The normalized spacial score (nSPS) is 12.7. The van der Waals surface area contributed by atoms with Crippen molar-refractivity contribution in [2.24, 2.45) is 0 Å². The molecule has 0 saturated heterocycles. The summed E-state index contributed by atoms with van der Waals surface area (Å²) in [6, 6.07) is 14.0. The van der Waals surface area contributed by atoms with Crippen molar-refractivity contribution in [3.05, 3.63) is 82.9 Å². The van der Waals surface area contributed by atoms with Gasteiger partial charge in [0.25, 0.3) is 10.1 Å². The monoisotopic (exact) mass is 476 g/mol. The summed E-state index contributed by atoms with van der Waals surface area (Å²) in [6.45, 7) is 0. The van der Waals surface area contributed by atoms with E-state index in [4.69, 9.17) is 23.2 Å². The molecule has 0 aliphatic rings. The highest BCUT2D eigenvalue weighted by atomic mass is 35.5. The molecule has 0 aliphatic heterocycles. The van der Waals surface area contributed by atoms with Crippen LogP contribution >= 0.6 is 23.2 Å². The van der Waals surface area contributed by atoms with Gasteiger partial charge in [0, 0.05) is 29.9 Å². The number of hydrogen-bond donors (Lipinski definition) is 2. The van der Waals surface area contributed by atoms with E-state index in [2.05, 4.69) is 15.3 Å². The Balaban J connectivity index is 1.78. The molecule has 31 heavy (non-hydrogen) atoms. The van der Waals surface area contributed by atoms with Crippen molar-refractivity contribution < 1.29 is 13.0 Å². The number of halogens is 2. The van der Waals surface area contributed by atoms with E-state index in [-0.39, 0.29) is 0 Å². The Hall–Kier alpha value is -2.65. The van der Waals surface area contributed by atoms with Crippen LogP contribution in [-0.2, 0) is 16.5 Å². The maximum absolute atomic E-state index is 11.6. The zero-order chi connectivity index (χ0) is 22.0. The Kier molecular flexibility index (Phi) is 6.15. The van der Waals surface area contributed by atoms with E-state index in [0.29, 0.717) is 27.8 Å². The van der Waals surface area contributed by atoms with Crippen LogP contribution in [0, 0.1) is 0 Å². The van der Waals surface area contributed by atoms with Crippen LogP contribution in [0.1, 0.15) is 5.56 Å². The minimum Gasteiger partial charge on any atom is -0.366 e. The van der Waals surface area contributed by atoms with Crippen molar-refractivity contribution in [3.63, 3.8) is 0 Å².